The lowest BCUT2D eigenvalue weighted by Crippen LogP contribution is -2.39. The zero-order valence-electron chi connectivity index (χ0n) is 13.9. The van der Waals surface area contributed by atoms with E-state index in [2.05, 4.69) is 15.4 Å². The van der Waals surface area contributed by atoms with Crippen molar-refractivity contribution in [2.45, 2.75) is 39.0 Å². The molecule has 1 aliphatic heterocycles. The van der Waals surface area contributed by atoms with Crippen LogP contribution in [0.25, 0.3) is 0 Å². The molecule has 24 heavy (non-hydrogen) atoms. The Morgan fingerprint density at radius 2 is 2.29 bits per heavy atom. The Hall–Kier alpha value is -2.41. The van der Waals surface area contributed by atoms with Gasteiger partial charge in [0, 0.05) is 44.8 Å². The predicted octanol–water partition coefficient (Wildman–Crippen LogP) is 2.51. The number of aromatic nitrogens is 3. The van der Waals surface area contributed by atoms with Crippen LogP contribution in [-0.4, -0.2) is 45.0 Å². The van der Waals surface area contributed by atoms with Crippen molar-refractivity contribution in [3.8, 4) is 0 Å². The van der Waals surface area contributed by atoms with Gasteiger partial charge < -0.3 is 15.0 Å². The predicted molar refractivity (Wildman–Crippen MR) is 90.5 cm³/mol. The SMILES string of the molecule is CCn1cc(NC(=O)N(Cc2ccncc2)CC2CCCO2)cn1. The second-order valence-corrected chi connectivity index (χ2v) is 5.89. The average molecular weight is 329 g/mol. The molecule has 0 aliphatic carbocycles. The second kappa shape index (κ2) is 7.92. The van der Waals surface area contributed by atoms with Gasteiger partial charge >= 0.3 is 6.03 Å². The highest BCUT2D eigenvalue weighted by molar-refractivity contribution is 5.89. The molecule has 1 N–H and O–H groups in total. The third kappa shape index (κ3) is 4.32. The van der Waals surface area contributed by atoms with Crippen molar-refractivity contribution in [2.24, 2.45) is 0 Å². The molecule has 3 heterocycles. The number of ether oxygens (including phenoxy) is 1. The average Bonchev–Trinajstić information content (AvgIpc) is 3.27. The first-order valence-electron chi connectivity index (χ1n) is 8.33. The lowest BCUT2D eigenvalue weighted by molar-refractivity contribution is 0.0819. The fourth-order valence-corrected chi connectivity index (χ4v) is 2.77. The number of pyridine rings is 1. The summed E-state index contributed by atoms with van der Waals surface area (Å²) in [6.45, 7) is 4.66. The number of aryl methyl sites for hydroxylation is 1. The topological polar surface area (TPSA) is 72.3 Å². The Morgan fingerprint density at radius 3 is 2.96 bits per heavy atom. The minimum Gasteiger partial charge on any atom is -0.376 e. The van der Waals surface area contributed by atoms with E-state index in [0.717, 1.165) is 31.6 Å². The van der Waals surface area contributed by atoms with Crippen molar-refractivity contribution in [3.05, 3.63) is 42.5 Å². The van der Waals surface area contributed by atoms with Crippen molar-refractivity contribution in [3.63, 3.8) is 0 Å². The molecule has 7 heteroatoms. The first-order chi connectivity index (χ1) is 11.7. The zero-order chi connectivity index (χ0) is 16.8. The maximum Gasteiger partial charge on any atom is 0.322 e. The summed E-state index contributed by atoms with van der Waals surface area (Å²) in [4.78, 5) is 18.5. The van der Waals surface area contributed by atoms with Crippen LogP contribution >= 0.6 is 0 Å². The Balaban J connectivity index is 1.68. The van der Waals surface area contributed by atoms with Gasteiger partial charge in [0.2, 0.25) is 0 Å². The first-order valence-corrected chi connectivity index (χ1v) is 8.33. The standard InChI is InChI=1S/C17H23N5O2/c1-2-22-12-15(10-19-22)20-17(23)21(13-16-4-3-9-24-16)11-14-5-7-18-8-6-14/h5-8,10,12,16H,2-4,9,11,13H2,1H3,(H,20,23). The number of hydrogen-bond acceptors (Lipinski definition) is 4. The molecule has 2 amide bonds. The lowest BCUT2D eigenvalue weighted by Gasteiger charge is -2.25. The number of nitrogens with one attached hydrogen (secondary N) is 1. The highest BCUT2D eigenvalue weighted by Gasteiger charge is 2.23. The number of nitrogens with zero attached hydrogens (tertiary/aromatic N) is 4. The minimum atomic E-state index is -0.141. The van der Waals surface area contributed by atoms with E-state index in [-0.39, 0.29) is 12.1 Å². The molecule has 1 fully saturated rings. The molecule has 1 unspecified atom stereocenters. The van der Waals surface area contributed by atoms with Crippen LogP contribution < -0.4 is 5.32 Å². The molecule has 2 aromatic heterocycles. The van der Waals surface area contributed by atoms with Crippen LogP contribution in [0.2, 0.25) is 0 Å². The third-order valence-corrected chi connectivity index (χ3v) is 4.07. The molecule has 0 bridgehead atoms. The highest BCUT2D eigenvalue weighted by Crippen LogP contribution is 2.16. The summed E-state index contributed by atoms with van der Waals surface area (Å²) in [5.41, 5.74) is 1.75. The number of amides is 2. The number of carbonyl (C=O) groups excluding carboxylic acids is 1. The Kier molecular flexibility index (Phi) is 5.43. The fraction of sp³-hybridized carbons (Fsp3) is 0.471. The molecule has 0 radical (unpaired) electrons. The van der Waals surface area contributed by atoms with Crippen LogP contribution in [-0.2, 0) is 17.8 Å². The van der Waals surface area contributed by atoms with Crippen LogP contribution in [0.4, 0.5) is 10.5 Å². The van der Waals surface area contributed by atoms with Gasteiger partial charge in [-0.25, -0.2) is 4.79 Å². The van der Waals surface area contributed by atoms with Crippen LogP contribution in [0.1, 0.15) is 25.3 Å². The number of urea groups is 1. The molecule has 0 aromatic carbocycles. The number of anilines is 1. The smallest absolute Gasteiger partial charge is 0.322 e. The van der Waals surface area contributed by atoms with Crippen LogP contribution in [0.5, 0.6) is 0 Å². The largest absolute Gasteiger partial charge is 0.376 e. The first kappa shape index (κ1) is 16.4. The van der Waals surface area contributed by atoms with E-state index < -0.39 is 0 Å². The monoisotopic (exact) mass is 329 g/mol. The molecule has 7 nitrogen and oxygen atoms in total. The van der Waals surface area contributed by atoms with E-state index in [9.17, 15) is 4.79 Å². The van der Waals surface area contributed by atoms with Crippen molar-refractivity contribution >= 4 is 11.7 Å². The van der Waals surface area contributed by atoms with Crippen LogP contribution in [0.3, 0.4) is 0 Å². The maximum absolute atomic E-state index is 12.7. The summed E-state index contributed by atoms with van der Waals surface area (Å²) in [6, 6.07) is 3.70. The Labute approximate surface area is 141 Å². The second-order valence-electron chi connectivity index (χ2n) is 5.89. The number of hydrogen-bond donors (Lipinski definition) is 1. The number of carbonyl (C=O) groups is 1. The van der Waals surface area contributed by atoms with E-state index in [4.69, 9.17) is 4.74 Å². The van der Waals surface area contributed by atoms with E-state index >= 15 is 0 Å². The van der Waals surface area contributed by atoms with Crippen molar-refractivity contribution in [1.29, 1.82) is 0 Å². The molecule has 0 spiro atoms. The summed E-state index contributed by atoms with van der Waals surface area (Å²) in [6.07, 6.45) is 9.13. The fourth-order valence-electron chi connectivity index (χ4n) is 2.77. The normalized spacial score (nSPS) is 17.0. The molecule has 1 saturated heterocycles. The molecule has 1 atom stereocenters. The molecule has 128 valence electrons. The van der Waals surface area contributed by atoms with Crippen LogP contribution in [0, 0.1) is 0 Å². The van der Waals surface area contributed by atoms with Crippen LogP contribution in [0.15, 0.2) is 36.9 Å². The van der Waals surface area contributed by atoms with Gasteiger partial charge in [-0.05, 0) is 37.5 Å². The highest BCUT2D eigenvalue weighted by atomic mass is 16.5. The summed E-state index contributed by atoms with van der Waals surface area (Å²) in [5, 5.41) is 7.11. The summed E-state index contributed by atoms with van der Waals surface area (Å²) >= 11 is 0. The van der Waals surface area contributed by atoms with E-state index in [0.29, 0.717) is 18.8 Å². The van der Waals surface area contributed by atoms with Gasteiger partial charge in [-0.1, -0.05) is 0 Å². The summed E-state index contributed by atoms with van der Waals surface area (Å²) in [7, 11) is 0. The third-order valence-electron chi connectivity index (χ3n) is 4.07. The zero-order valence-corrected chi connectivity index (χ0v) is 13.9. The molecule has 1 aliphatic rings. The maximum atomic E-state index is 12.7. The molecule has 2 aromatic rings. The van der Waals surface area contributed by atoms with Gasteiger partial charge in [-0.3, -0.25) is 9.67 Å². The Bertz CT molecular complexity index is 652. The number of rotatable bonds is 6. The van der Waals surface area contributed by atoms with E-state index in [1.165, 1.54) is 0 Å². The van der Waals surface area contributed by atoms with Gasteiger partial charge in [-0.2, -0.15) is 5.10 Å². The molecule has 3 rings (SSSR count). The molecular weight excluding hydrogens is 306 g/mol. The Morgan fingerprint density at radius 1 is 1.46 bits per heavy atom. The van der Waals surface area contributed by atoms with E-state index in [1.807, 2.05) is 25.3 Å². The molecular formula is C17H23N5O2. The van der Waals surface area contributed by atoms with E-state index in [1.54, 1.807) is 28.2 Å². The van der Waals surface area contributed by atoms with Gasteiger partial charge in [0.25, 0.3) is 0 Å². The summed E-state index contributed by atoms with van der Waals surface area (Å²) in [5.74, 6) is 0. The van der Waals surface area contributed by atoms with Gasteiger partial charge in [-0.15, -0.1) is 0 Å². The quantitative estimate of drug-likeness (QED) is 0.884. The van der Waals surface area contributed by atoms with Crippen molar-refractivity contribution in [1.82, 2.24) is 19.7 Å². The van der Waals surface area contributed by atoms with Crippen molar-refractivity contribution < 1.29 is 9.53 Å². The lowest BCUT2D eigenvalue weighted by atomic mass is 10.2. The van der Waals surface area contributed by atoms with Crippen molar-refractivity contribution in [2.75, 3.05) is 18.5 Å². The molecule has 0 saturated carbocycles. The summed E-state index contributed by atoms with van der Waals surface area (Å²) < 4.78 is 7.47. The van der Waals surface area contributed by atoms with Gasteiger partial charge in [0.15, 0.2) is 0 Å². The minimum absolute atomic E-state index is 0.107. The van der Waals surface area contributed by atoms with Gasteiger partial charge in [0.1, 0.15) is 0 Å². The van der Waals surface area contributed by atoms with Gasteiger partial charge in [0.05, 0.1) is 18.0 Å².